The van der Waals surface area contributed by atoms with Gasteiger partial charge in [-0.3, -0.25) is 0 Å². The maximum Gasteiger partial charge on any atom is 0.123 e. The van der Waals surface area contributed by atoms with Gasteiger partial charge in [0.1, 0.15) is 5.82 Å². The number of hydrogen-bond acceptors (Lipinski definition) is 2. The van der Waals surface area contributed by atoms with E-state index >= 15 is 0 Å². The summed E-state index contributed by atoms with van der Waals surface area (Å²) in [4.78, 5) is 2.39. The summed E-state index contributed by atoms with van der Waals surface area (Å²) in [6.45, 7) is 6.67. The third-order valence-electron chi connectivity index (χ3n) is 4.51. The third kappa shape index (κ3) is 5.40. The van der Waals surface area contributed by atoms with Crippen molar-refractivity contribution in [3.05, 3.63) is 35.6 Å². The fraction of sp³-hybridized carbons (Fsp3) is 0.667. The van der Waals surface area contributed by atoms with E-state index in [4.69, 9.17) is 0 Å². The van der Waals surface area contributed by atoms with Crippen LogP contribution in [0, 0.1) is 11.7 Å². The Bertz CT molecular complexity index is 412. The molecule has 3 heteroatoms. The van der Waals surface area contributed by atoms with Crippen LogP contribution in [-0.2, 0) is 0 Å². The molecular weight excluding hydrogens is 263 g/mol. The number of nitrogens with zero attached hydrogens (tertiary/aromatic N) is 1. The molecule has 1 saturated carbocycles. The standard InChI is InChI=1S/C18H29FN2/c1-14(2)21(3)13-5-4-12-20-18(15-6-7-15)16-8-10-17(19)11-9-16/h8-11,14-15,18,20H,4-7,12-13H2,1-3H3. The zero-order chi connectivity index (χ0) is 15.2. The maximum atomic E-state index is 13.0. The Morgan fingerprint density at radius 3 is 2.43 bits per heavy atom. The normalized spacial score (nSPS) is 16.7. The Hall–Kier alpha value is -0.930. The Morgan fingerprint density at radius 1 is 1.19 bits per heavy atom. The van der Waals surface area contributed by atoms with Crippen molar-refractivity contribution in [2.45, 2.75) is 51.6 Å². The van der Waals surface area contributed by atoms with Crippen LogP contribution in [0.4, 0.5) is 4.39 Å². The van der Waals surface area contributed by atoms with Crippen LogP contribution < -0.4 is 5.32 Å². The summed E-state index contributed by atoms with van der Waals surface area (Å²) in [5, 5.41) is 3.68. The van der Waals surface area contributed by atoms with Gasteiger partial charge in [0, 0.05) is 12.1 Å². The highest BCUT2D eigenvalue weighted by molar-refractivity contribution is 5.21. The third-order valence-corrected chi connectivity index (χ3v) is 4.51. The maximum absolute atomic E-state index is 13.0. The lowest BCUT2D eigenvalue weighted by Crippen LogP contribution is -2.28. The molecule has 0 bridgehead atoms. The topological polar surface area (TPSA) is 15.3 Å². The van der Waals surface area contributed by atoms with Crippen molar-refractivity contribution in [3.63, 3.8) is 0 Å². The lowest BCUT2D eigenvalue weighted by atomic mass is 10.0. The van der Waals surface area contributed by atoms with Gasteiger partial charge in [-0.25, -0.2) is 4.39 Å². The van der Waals surface area contributed by atoms with Crippen LogP contribution in [-0.4, -0.2) is 31.1 Å². The van der Waals surface area contributed by atoms with Crippen molar-refractivity contribution in [3.8, 4) is 0 Å². The molecule has 1 aromatic carbocycles. The van der Waals surface area contributed by atoms with Crippen LogP contribution in [0.2, 0.25) is 0 Å². The second-order valence-corrected chi connectivity index (χ2v) is 6.60. The van der Waals surface area contributed by atoms with E-state index in [1.165, 1.54) is 31.2 Å². The average molecular weight is 292 g/mol. The number of nitrogens with one attached hydrogen (secondary N) is 1. The molecular formula is C18H29FN2. The van der Waals surface area contributed by atoms with Gasteiger partial charge in [-0.05, 0) is 83.3 Å². The summed E-state index contributed by atoms with van der Waals surface area (Å²) >= 11 is 0. The quantitative estimate of drug-likeness (QED) is 0.692. The molecule has 1 aliphatic rings. The molecule has 1 aliphatic carbocycles. The van der Waals surface area contributed by atoms with Crippen molar-refractivity contribution in [2.75, 3.05) is 20.1 Å². The van der Waals surface area contributed by atoms with Gasteiger partial charge < -0.3 is 10.2 Å². The smallest absolute Gasteiger partial charge is 0.123 e. The SMILES string of the molecule is CC(C)N(C)CCCCNC(c1ccc(F)cc1)C1CC1. The molecule has 1 atom stereocenters. The molecule has 0 saturated heterocycles. The molecule has 1 aromatic rings. The van der Waals surface area contributed by atoms with Crippen LogP contribution in [0.25, 0.3) is 0 Å². The van der Waals surface area contributed by atoms with Crippen molar-refractivity contribution in [1.82, 2.24) is 10.2 Å². The number of rotatable bonds is 9. The van der Waals surface area contributed by atoms with E-state index in [9.17, 15) is 4.39 Å². The van der Waals surface area contributed by atoms with Gasteiger partial charge in [-0.2, -0.15) is 0 Å². The molecule has 2 nitrogen and oxygen atoms in total. The lowest BCUT2D eigenvalue weighted by Gasteiger charge is -2.22. The lowest BCUT2D eigenvalue weighted by molar-refractivity contribution is 0.267. The van der Waals surface area contributed by atoms with E-state index in [0.29, 0.717) is 12.1 Å². The van der Waals surface area contributed by atoms with Gasteiger partial charge in [0.05, 0.1) is 0 Å². The Balaban J connectivity index is 1.73. The van der Waals surface area contributed by atoms with Crippen LogP contribution >= 0.6 is 0 Å². The molecule has 1 N–H and O–H groups in total. The fourth-order valence-corrected chi connectivity index (χ4v) is 2.66. The minimum atomic E-state index is -0.148. The molecule has 1 fully saturated rings. The molecule has 2 rings (SSSR count). The van der Waals surface area contributed by atoms with E-state index in [1.807, 2.05) is 12.1 Å². The van der Waals surface area contributed by atoms with Crippen LogP contribution in [0.15, 0.2) is 24.3 Å². The fourth-order valence-electron chi connectivity index (χ4n) is 2.66. The van der Waals surface area contributed by atoms with E-state index in [0.717, 1.165) is 19.0 Å². The largest absolute Gasteiger partial charge is 0.310 e. The van der Waals surface area contributed by atoms with E-state index in [2.05, 4.69) is 31.1 Å². The Morgan fingerprint density at radius 2 is 1.86 bits per heavy atom. The second-order valence-electron chi connectivity index (χ2n) is 6.60. The zero-order valence-electron chi connectivity index (χ0n) is 13.6. The zero-order valence-corrected chi connectivity index (χ0v) is 13.6. The molecule has 0 heterocycles. The predicted octanol–water partition coefficient (Wildman–Crippen LogP) is 3.99. The van der Waals surface area contributed by atoms with Crippen LogP contribution in [0.3, 0.4) is 0 Å². The minimum Gasteiger partial charge on any atom is -0.310 e. The summed E-state index contributed by atoms with van der Waals surface area (Å²) in [6, 6.07) is 8.04. The summed E-state index contributed by atoms with van der Waals surface area (Å²) in [5.41, 5.74) is 1.23. The molecule has 0 aromatic heterocycles. The Kier molecular flexibility index (Phi) is 6.19. The van der Waals surface area contributed by atoms with Gasteiger partial charge in [0.25, 0.3) is 0 Å². The molecule has 0 radical (unpaired) electrons. The molecule has 21 heavy (non-hydrogen) atoms. The average Bonchev–Trinajstić information content (AvgIpc) is 3.28. The van der Waals surface area contributed by atoms with Crippen molar-refractivity contribution in [2.24, 2.45) is 5.92 Å². The first kappa shape index (κ1) is 16.4. The van der Waals surface area contributed by atoms with Gasteiger partial charge in [-0.1, -0.05) is 12.1 Å². The second kappa shape index (κ2) is 7.90. The first-order chi connectivity index (χ1) is 10.1. The first-order valence-electron chi connectivity index (χ1n) is 8.27. The van der Waals surface area contributed by atoms with Crippen LogP contribution in [0.5, 0.6) is 0 Å². The summed E-state index contributed by atoms with van der Waals surface area (Å²) in [5.74, 6) is 0.596. The summed E-state index contributed by atoms with van der Waals surface area (Å²) in [7, 11) is 2.18. The number of hydrogen-bond donors (Lipinski definition) is 1. The summed E-state index contributed by atoms with van der Waals surface area (Å²) < 4.78 is 13.0. The van der Waals surface area contributed by atoms with Gasteiger partial charge in [0.15, 0.2) is 0 Å². The highest BCUT2D eigenvalue weighted by Crippen LogP contribution is 2.40. The monoisotopic (exact) mass is 292 g/mol. The van der Waals surface area contributed by atoms with E-state index in [-0.39, 0.29) is 5.82 Å². The number of benzene rings is 1. The molecule has 118 valence electrons. The van der Waals surface area contributed by atoms with Crippen molar-refractivity contribution >= 4 is 0 Å². The van der Waals surface area contributed by atoms with Gasteiger partial charge in [-0.15, -0.1) is 0 Å². The van der Waals surface area contributed by atoms with Crippen molar-refractivity contribution < 1.29 is 4.39 Å². The highest BCUT2D eigenvalue weighted by atomic mass is 19.1. The molecule has 0 aliphatic heterocycles. The molecule has 1 unspecified atom stereocenters. The molecule has 0 spiro atoms. The molecule has 0 amide bonds. The Labute approximate surface area is 128 Å². The van der Waals surface area contributed by atoms with Crippen LogP contribution in [0.1, 0.15) is 51.1 Å². The number of halogens is 1. The number of unbranched alkanes of at least 4 members (excludes halogenated alkanes) is 1. The van der Waals surface area contributed by atoms with Crippen molar-refractivity contribution in [1.29, 1.82) is 0 Å². The first-order valence-corrected chi connectivity index (χ1v) is 8.27. The minimum absolute atomic E-state index is 0.148. The van der Waals surface area contributed by atoms with Gasteiger partial charge in [0.2, 0.25) is 0 Å². The predicted molar refractivity (Wildman–Crippen MR) is 86.9 cm³/mol. The van der Waals surface area contributed by atoms with Gasteiger partial charge >= 0.3 is 0 Å². The highest BCUT2D eigenvalue weighted by Gasteiger charge is 2.31. The summed E-state index contributed by atoms with van der Waals surface area (Å²) in [6.07, 6.45) is 5.01. The van der Waals surface area contributed by atoms with E-state index < -0.39 is 0 Å². The van der Waals surface area contributed by atoms with E-state index in [1.54, 1.807) is 12.1 Å².